The molecule has 0 aliphatic carbocycles. The standard InChI is InChI=1S/C17H14N2O2.C2H6/c1-12-2-4-13(5-3-12)15-10-18-19(11-15)16-8-6-14(7-9-16)17(20)21;1-2/h2-11H,1H3,(H,20,21);1-2H3. The van der Waals surface area contributed by atoms with Crippen LogP contribution in [0, 0.1) is 6.92 Å². The van der Waals surface area contributed by atoms with E-state index in [4.69, 9.17) is 5.11 Å². The summed E-state index contributed by atoms with van der Waals surface area (Å²) in [5, 5.41) is 13.2. The first-order valence-electron chi connectivity index (χ1n) is 7.59. The molecule has 0 amide bonds. The van der Waals surface area contributed by atoms with Gasteiger partial charge in [-0.05, 0) is 36.8 Å². The van der Waals surface area contributed by atoms with E-state index in [9.17, 15) is 4.79 Å². The van der Waals surface area contributed by atoms with Gasteiger partial charge in [0.2, 0.25) is 0 Å². The van der Waals surface area contributed by atoms with Crippen molar-refractivity contribution in [3.8, 4) is 16.8 Å². The largest absolute Gasteiger partial charge is 0.478 e. The van der Waals surface area contributed by atoms with Crippen LogP contribution >= 0.6 is 0 Å². The third-order valence-electron chi connectivity index (χ3n) is 3.35. The molecule has 0 atom stereocenters. The van der Waals surface area contributed by atoms with Crippen molar-refractivity contribution in [2.75, 3.05) is 0 Å². The van der Waals surface area contributed by atoms with Crippen LogP contribution in [-0.2, 0) is 0 Å². The second kappa shape index (κ2) is 7.40. The number of aryl methyl sites for hydroxylation is 1. The number of rotatable bonds is 3. The van der Waals surface area contributed by atoms with Crippen LogP contribution in [0.4, 0.5) is 0 Å². The summed E-state index contributed by atoms with van der Waals surface area (Å²) >= 11 is 0. The summed E-state index contributed by atoms with van der Waals surface area (Å²) in [7, 11) is 0. The molecule has 0 radical (unpaired) electrons. The molecule has 1 aromatic heterocycles. The van der Waals surface area contributed by atoms with Gasteiger partial charge in [0.05, 0.1) is 17.4 Å². The normalized spacial score (nSPS) is 9.87. The summed E-state index contributed by atoms with van der Waals surface area (Å²) in [6.45, 7) is 6.05. The Hall–Kier alpha value is -2.88. The number of carboxylic acids is 1. The fraction of sp³-hybridized carbons (Fsp3) is 0.158. The van der Waals surface area contributed by atoms with Crippen LogP contribution < -0.4 is 0 Å². The number of hydrogen-bond donors (Lipinski definition) is 1. The number of carboxylic acid groups (broad SMARTS) is 1. The van der Waals surface area contributed by atoms with Crippen molar-refractivity contribution in [3.05, 3.63) is 72.1 Å². The maximum atomic E-state index is 10.8. The number of benzene rings is 2. The molecule has 1 heterocycles. The molecule has 0 unspecified atom stereocenters. The molecule has 0 aliphatic rings. The molecule has 0 fully saturated rings. The quantitative estimate of drug-likeness (QED) is 0.771. The first-order chi connectivity index (χ1) is 11.1. The van der Waals surface area contributed by atoms with E-state index in [1.165, 1.54) is 5.56 Å². The Morgan fingerprint density at radius 1 is 0.957 bits per heavy atom. The van der Waals surface area contributed by atoms with E-state index in [0.29, 0.717) is 0 Å². The number of hydrogen-bond acceptors (Lipinski definition) is 2. The van der Waals surface area contributed by atoms with Gasteiger partial charge in [0.1, 0.15) is 0 Å². The van der Waals surface area contributed by atoms with E-state index >= 15 is 0 Å². The van der Waals surface area contributed by atoms with Gasteiger partial charge in [-0.2, -0.15) is 5.10 Å². The van der Waals surface area contributed by atoms with E-state index in [0.717, 1.165) is 16.8 Å². The smallest absolute Gasteiger partial charge is 0.335 e. The summed E-state index contributed by atoms with van der Waals surface area (Å²) in [4.78, 5) is 10.8. The van der Waals surface area contributed by atoms with Crippen molar-refractivity contribution in [1.82, 2.24) is 9.78 Å². The van der Waals surface area contributed by atoms with E-state index in [-0.39, 0.29) is 5.56 Å². The average molecular weight is 308 g/mol. The average Bonchev–Trinajstić information content (AvgIpc) is 3.07. The molecule has 23 heavy (non-hydrogen) atoms. The number of nitrogens with zero attached hydrogens (tertiary/aromatic N) is 2. The lowest BCUT2D eigenvalue weighted by molar-refractivity contribution is 0.0697. The first-order valence-corrected chi connectivity index (χ1v) is 7.59. The highest BCUT2D eigenvalue weighted by atomic mass is 16.4. The maximum Gasteiger partial charge on any atom is 0.335 e. The Balaban J connectivity index is 0.000000924. The van der Waals surface area contributed by atoms with Crippen molar-refractivity contribution in [2.24, 2.45) is 0 Å². The Bertz CT molecular complexity index is 772. The fourth-order valence-electron chi connectivity index (χ4n) is 2.12. The van der Waals surface area contributed by atoms with Crippen LogP contribution in [0.5, 0.6) is 0 Å². The Labute approximate surface area is 136 Å². The van der Waals surface area contributed by atoms with Crippen LogP contribution in [0.1, 0.15) is 29.8 Å². The molecule has 0 aliphatic heterocycles. The van der Waals surface area contributed by atoms with Crippen molar-refractivity contribution < 1.29 is 9.90 Å². The lowest BCUT2D eigenvalue weighted by atomic mass is 10.1. The zero-order valence-electron chi connectivity index (χ0n) is 13.5. The topological polar surface area (TPSA) is 55.1 Å². The van der Waals surface area contributed by atoms with Gasteiger partial charge < -0.3 is 5.11 Å². The molecule has 1 N–H and O–H groups in total. The number of carbonyl (C=O) groups is 1. The monoisotopic (exact) mass is 308 g/mol. The zero-order chi connectivity index (χ0) is 16.8. The summed E-state index contributed by atoms with van der Waals surface area (Å²) in [5.74, 6) is -0.928. The molecule has 0 saturated carbocycles. The van der Waals surface area contributed by atoms with Crippen LogP contribution in [0.3, 0.4) is 0 Å². The molecule has 0 bridgehead atoms. The predicted molar refractivity (Wildman–Crippen MR) is 92.0 cm³/mol. The minimum Gasteiger partial charge on any atom is -0.478 e. The van der Waals surface area contributed by atoms with Crippen LogP contribution in [-0.4, -0.2) is 20.9 Å². The summed E-state index contributed by atoms with van der Waals surface area (Å²) in [6, 6.07) is 14.9. The fourth-order valence-corrected chi connectivity index (χ4v) is 2.12. The molecule has 2 aromatic carbocycles. The van der Waals surface area contributed by atoms with E-state index in [1.54, 1.807) is 35.1 Å². The van der Waals surface area contributed by atoms with E-state index in [1.807, 2.05) is 20.0 Å². The van der Waals surface area contributed by atoms with Crippen molar-refractivity contribution in [2.45, 2.75) is 20.8 Å². The molecule has 4 heteroatoms. The molecular formula is C19H20N2O2. The predicted octanol–water partition coefficient (Wildman–Crippen LogP) is 4.57. The molecule has 0 saturated heterocycles. The highest BCUT2D eigenvalue weighted by Gasteiger charge is 2.05. The third-order valence-corrected chi connectivity index (χ3v) is 3.35. The van der Waals surface area contributed by atoms with Crippen LogP contribution in [0.15, 0.2) is 60.9 Å². The van der Waals surface area contributed by atoms with Crippen LogP contribution in [0.2, 0.25) is 0 Å². The minimum absolute atomic E-state index is 0.268. The summed E-state index contributed by atoms with van der Waals surface area (Å²) < 4.78 is 1.74. The molecule has 3 aromatic rings. The maximum absolute atomic E-state index is 10.8. The zero-order valence-corrected chi connectivity index (χ0v) is 13.5. The highest BCUT2D eigenvalue weighted by molar-refractivity contribution is 5.87. The Morgan fingerprint density at radius 3 is 2.13 bits per heavy atom. The van der Waals surface area contributed by atoms with Gasteiger partial charge in [-0.1, -0.05) is 43.7 Å². The molecule has 0 spiro atoms. The molecular weight excluding hydrogens is 288 g/mol. The van der Waals surface area contributed by atoms with Crippen molar-refractivity contribution in [1.29, 1.82) is 0 Å². The first kappa shape index (κ1) is 16.5. The molecule has 118 valence electrons. The third kappa shape index (κ3) is 3.86. The molecule has 3 rings (SSSR count). The van der Waals surface area contributed by atoms with Crippen LogP contribution in [0.25, 0.3) is 16.8 Å². The van der Waals surface area contributed by atoms with Gasteiger partial charge in [-0.25, -0.2) is 9.48 Å². The summed E-state index contributed by atoms with van der Waals surface area (Å²) in [5.41, 5.74) is 4.45. The van der Waals surface area contributed by atoms with Gasteiger partial charge in [0, 0.05) is 11.8 Å². The second-order valence-corrected chi connectivity index (χ2v) is 4.89. The minimum atomic E-state index is -0.928. The van der Waals surface area contributed by atoms with Crippen molar-refractivity contribution >= 4 is 5.97 Å². The van der Waals surface area contributed by atoms with E-state index in [2.05, 4.69) is 36.3 Å². The number of aromatic carboxylic acids is 1. The second-order valence-electron chi connectivity index (χ2n) is 4.89. The van der Waals surface area contributed by atoms with Crippen molar-refractivity contribution in [3.63, 3.8) is 0 Å². The summed E-state index contributed by atoms with van der Waals surface area (Å²) in [6.07, 6.45) is 3.73. The molecule has 4 nitrogen and oxygen atoms in total. The van der Waals surface area contributed by atoms with Gasteiger partial charge in [-0.3, -0.25) is 0 Å². The Kier molecular flexibility index (Phi) is 5.31. The van der Waals surface area contributed by atoms with Gasteiger partial charge in [-0.15, -0.1) is 0 Å². The highest BCUT2D eigenvalue weighted by Crippen LogP contribution is 2.20. The van der Waals surface area contributed by atoms with Gasteiger partial charge >= 0.3 is 5.97 Å². The Morgan fingerprint density at radius 2 is 1.57 bits per heavy atom. The van der Waals surface area contributed by atoms with Gasteiger partial charge in [0.15, 0.2) is 0 Å². The SMILES string of the molecule is CC.Cc1ccc(-c2cnn(-c3ccc(C(=O)O)cc3)c2)cc1. The lowest BCUT2D eigenvalue weighted by Gasteiger charge is -2.01. The van der Waals surface area contributed by atoms with Gasteiger partial charge in [0.25, 0.3) is 0 Å². The lowest BCUT2D eigenvalue weighted by Crippen LogP contribution is -1.98. The van der Waals surface area contributed by atoms with E-state index < -0.39 is 5.97 Å². The number of aromatic nitrogens is 2.